The van der Waals surface area contributed by atoms with Crippen molar-refractivity contribution in [1.82, 2.24) is 14.9 Å². The molecule has 1 amide bonds. The molecule has 14 heavy (non-hydrogen) atoms. The van der Waals surface area contributed by atoms with Crippen LogP contribution in [-0.4, -0.2) is 33.9 Å². The first-order valence-corrected chi connectivity index (χ1v) is 4.93. The van der Waals surface area contributed by atoms with Crippen molar-refractivity contribution in [3.05, 3.63) is 24.3 Å². The zero-order valence-corrected chi connectivity index (χ0v) is 8.02. The summed E-state index contributed by atoms with van der Waals surface area (Å²) in [6.07, 6.45) is 8.09. The van der Waals surface area contributed by atoms with Crippen molar-refractivity contribution in [3.63, 3.8) is 0 Å². The first kappa shape index (κ1) is 9.12. The lowest BCUT2D eigenvalue weighted by Gasteiger charge is -2.26. The highest BCUT2D eigenvalue weighted by atomic mass is 16.2. The zero-order valence-electron chi connectivity index (χ0n) is 8.02. The number of hydrogen-bond acceptors (Lipinski definition) is 3. The van der Waals surface area contributed by atoms with Gasteiger partial charge in [-0.2, -0.15) is 0 Å². The van der Waals surface area contributed by atoms with Crippen molar-refractivity contribution >= 4 is 5.91 Å². The lowest BCUT2D eigenvalue weighted by Crippen LogP contribution is -2.36. The van der Waals surface area contributed by atoms with Crippen molar-refractivity contribution in [2.75, 3.05) is 13.1 Å². The molecule has 74 valence electrons. The van der Waals surface area contributed by atoms with Crippen molar-refractivity contribution < 1.29 is 4.79 Å². The van der Waals surface area contributed by atoms with E-state index in [-0.39, 0.29) is 5.91 Å². The van der Waals surface area contributed by atoms with Crippen molar-refractivity contribution in [1.29, 1.82) is 0 Å². The number of likely N-dealkylation sites (tertiary alicyclic amines) is 1. The Balaban J connectivity index is 2.07. The average Bonchev–Trinajstić information content (AvgIpc) is 2.30. The van der Waals surface area contributed by atoms with Crippen LogP contribution in [0.4, 0.5) is 0 Å². The molecule has 0 radical (unpaired) electrons. The van der Waals surface area contributed by atoms with Gasteiger partial charge in [-0.1, -0.05) is 0 Å². The summed E-state index contributed by atoms with van der Waals surface area (Å²) >= 11 is 0. The lowest BCUT2D eigenvalue weighted by atomic mass is 10.1. The maximum absolute atomic E-state index is 11.8. The van der Waals surface area contributed by atoms with Gasteiger partial charge < -0.3 is 4.90 Å². The predicted molar refractivity (Wildman–Crippen MR) is 51.8 cm³/mol. The molecule has 0 aliphatic carbocycles. The first-order valence-electron chi connectivity index (χ1n) is 4.93. The van der Waals surface area contributed by atoms with Crippen LogP contribution in [0.1, 0.15) is 29.8 Å². The molecule has 0 spiro atoms. The predicted octanol–water partition coefficient (Wildman–Crippen LogP) is 1.10. The number of piperidine rings is 1. The Labute approximate surface area is 83.0 Å². The van der Waals surface area contributed by atoms with E-state index in [1.807, 2.05) is 4.90 Å². The van der Waals surface area contributed by atoms with Crippen LogP contribution in [0.15, 0.2) is 18.6 Å². The van der Waals surface area contributed by atoms with Gasteiger partial charge in [0, 0.05) is 25.5 Å². The minimum atomic E-state index is 0.0119. The van der Waals surface area contributed by atoms with E-state index in [0.717, 1.165) is 25.9 Å². The van der Waals surface area contributed by atoms with Crippen LogP contribution in [0, 0.1) is 0 Å². The number of aromatic nitrogens is 2. The van der Waals surface area contributed by atoms with E-state index in [4.69, 9.17) is 0 Å². The molecule has 0 atom stereocenters. The quantitative estimate of drug-likeness (QED) is 0.667. The monoisotopic (exact) mass is 191 g/mol. The normalized spacial score (nSPS) is 16.7. The van der Waals surface area contributed by atoms with Crippen LogP contribution in [0.3, 0.4) is 0 Å². The van der Waals surface area contributed by atoms with E-state index in [1.165, 1.54) is 12.6 Å². The van der Waals surface area contributed by atoms with Gasteiger partial charge >= 0.3 is 0 Å². The second-order valence-corrected chi connectivity index (χ2v) is 3.44. The summed E-state index contributed by atoms with van der Waals surface area (Å²) in [7, 11) is 0. The second kappa shape index (κ2) is 4.17. The summed E-state index contributed by atoms with van der Waals surface area (Å²) in [4.78, 5) is 21.6. The molecule has 1 aliphatic rings. The summed E-state index contributed by atoms with van der Waals surface area (Å²) in [5.41, 5.74) is 0.453. The van der Waals surface area contributed by atoms with Crippen LogP contribution < -0.4 is 0 Å². The Bertz CT molecular complexity index is 306. The molecule has 1 saturated heterocycles. The largest absolute Gasteiger partial charge is 0.337 e. The van der Waals surface area contributed by atoms with E-state index in [9.17, 15) is 4.79 Å². The number of hydrogen-bond donors (Lipinski definition) is 0. The minimum absolute atomic E-state index is 0.0119. The van der Waals surface area contributed by atoms with Gasteiger partial charge in [-0.05, 0) is 19.3 Å². The third-order valence-corrected chi connectivity index (χ3v) is 2.43. The molecule has 0 aromatic carbocycles. The van der Waals surface area contributed by atoms with Crippen molar-refractivity contribution in [2.45, 2.75) is 19.3 Å². The van der Waals surface area contributed by atoms with Crippen LogP contribution >= 0.6 is 0 Å². The van der Waals surface area contributed by atoms with E-state index in [2.05, 4.69) is 9.97 Å². The SMILES string of the molecule is O=C(c1cnccn1)N1CCCCC1. The van der Waals surface area contributed by atoms with Gasteiger partial charge in [0.15, 0.2) is 0 Å². The van der Waals surface area contributed by atoms with Gasteiger partial charge in [-0.25, -0.2) is 4.98 Å². The highest BCUT2D eigenvalue weighted by Crippen LogP contribution is 2.11. The van der Waals surface area contributed by atoms with Gasteiger partial charge in [0.25, 0.3) is 5.91 Å². The number of rotatable bonds is 1. The smallest absolute Gasteiger partial charge is 0.274 e. The topological polar surface area (TPSA) is 46.1 Å². The summed E-state index contributed by atoms with van der Waals surface area (Å²) < 4.78 is 0. The Morgan fingerprint density at radius 3 is 2.64 bits per heavy atom. The summed E-state index contributed by atoms with van der Waals surface area (Å²) in [6.45, 7) is 1.71. The maximum atomic E-state index is 11.8. The molecular formula is C10H13N3O. The third-order valence-electron chi connectivity index (χ3n) is 2.43. The Morgan fingerprint density at radius 1 is 1.21 bits per heavy atom. The highest BCUT2D eigenvalue weighted by molar-refractivity contribution is 5.91. The van der Waals surface area contributed by atoms with Crippen LogP contribution in [0.5, 0.6) is 0 Å². The van der Waals surface area contributed by atoms with Gasteiger partial charge in [-0.15, -0.1) is 0 Å². The van der Waals surface area contributed by atoms with Gasteiger partial charge in [0.05, 0.1) is 6.20 Å². The molecule has 4 heteroatoms. The molecule has 1 aliphatic heterocycles. The molecule has 0 unspecified atom stereocenters. The zero-order chi connectivity index (χ0) is 9.80. The average molecular weight is 191 g/mol. The third kappa shape index (κ3) is 1.89. The number of carbonyl (C=O) groups excluding carboxylic acids is 1. The Hall–Kier alpha value is -1.45. The minimum Gasteiger partial charge on any atom is -0.337 e. The lowest BCUT2D eigenvalue weighted by molar-refractivity contribution is 0.0718. The molecule has 1 fully saturated rings. The number of nitrogens with zero attached hydrogens (tertiary/aromatic N) is 3. The van der Waals surface area contributed by atoms with Gasteiger partial charge in [0.2, 0.25) is 0 Å². The fourth-order valence-electron chi connectivity index (χ4n) is 1.67. The summed E-state index contributed by atoms with van der Waals surface area (Å²) in [6, 6.07) is 0. The molecule has 2 heterocycles. The second-order valence-electron chi connectivity index (χ2n) is 3.44. The maximum Gasteiger partial charge on any atom is 0.274 e. The van der Waals surface area contributed by atoms with Crippen LogP contribution in [0.25, 0.3) is 0 Å². The first-order chi connectivity index (χ1) is 6.88. The summed E-state index contributed by atoms with van der Waals surface area (Å²) in [5.74, 6) is 0.0119. The standard InChI is InChI=1S/C10H13N3O/c14-10(9-8-11-4-5-12-9)13-6-2-1-3-7-13/h4-5,8H,1-3,6-7H2. The highest BCUT2D eigenvalue weighted by Gasteiger charge is 2.18. The van der Waals surface area contributed by atoms with Gasteiger partial charge in [-0.3, -0.25) is 9.78 Å². The molecule has 0 bridgehead atoms. The van der Waals surface area contributed by atoms with E-state index >= 15 is 0 Å². The molecule has 2 rings (SSSR count). The van der Waals surface area contributed by atoms with Crippen molar-refractivity contribution in [2.24, 2.45) is 0 Å². The Morgan fingerprint density at radius 2 is 2.00 bits per heavy atom. The molecule has 1 aromatic heterocycles. The number of carbonyl (C=O) groups is 1. The van der Waals surface area contributed by atoms with E-state index in [0.29, 0.717) is 5.69 Å². The van der Waals surface area contributed by atoms with Crippen LogP contribution in [-0.2, 0) is 0 Å². The fraction of sp³-hybridized carbons (Fsp3) is 0.500. The molecule has 0 N–H and O–H groups in total. The van der Waals surface area contributed by atoms with E-state index < -0.39 is 0 Å². The number of amides is 1. The fourth-order valence-corrected chi connectivity index (χ4v) is 1.67. The molecule has 0 saturated carbocycles. The molecular weight excluding hydrogens is 178 g/mol. The molecule has 1 aromatic rings. The molecule has 4 nitrogen and oxygen atoms in total. The summed E-state index contributed by atoms with van der Waals surface area (Å²) in [5, 5.41) is 0. The van der Waals surface area contributed by atoms with Crippen LogP contribution in [0.2, 0.25) is 0 Å². The van der Waals surface area contributed by atoms with E-state index in [1.54, 1.807) is 12.4 Å². The Kier molecular flexibility index (Phi) is 2.72. The van der Waals surface area contributed by atoms with Crippen molar-refractivity contribution in [3.8, 4) is 0 Å². The van der Waals surface area contributed by atoms with Gasteiger partial charge in [0.1, 0.15) is 5.69 Å².